The van der Waals surface area contributed by atoms with Crippen LogP contribution in [0.2, 0.25) is 0 Å². The maximum atomic E-state index is 14.1. The minimum atomic E-state index is -0.698. The molecule has 1 fully saturated rings. The number of benzene rings is 1. The lowest BCUT2D eigenvalue weighted by Gasteiger charge is -2.16. The number of hydrogen-bond acceptors (Lipinski definition) is 3. The molecule has 1 amide bonds. The van der Waals surface area contributed by atoms with E-state index >= 15 is 0 Å². The van der Waals surface area contributed by atoms with Crippen molar-refractivity contribution in [2.24, 2.45) is 0 Å². The summed E-state index contributed by atoms with van der Waals surface area (Å²) in [5.74, 6) is -0.814. The number of amides is 1. The van der Waals surface area contributed by atoms with Gasteiger partial charge in [0.1, 0.15) is 17.9 Å². The summed E-state index contributed by atoms with van der Waals surface area (Å²) in [5.41, 5.74) is -0.284. The zero-order valence-electron chi connectivity index (χ0n) is 16.0. The van der Waals surface area contributed by atoms with E-state index in [1.807, 2.05) is 0 Å². The zero-order valence-corrected chi connectivity index (χ0v) is 16.0. The molecule has 7 nitrogen and oxygen atoms in total. The largest absolute Gasteiger partial charge is 0.355 e. The Balaban J connectivity index is 1.63. The molecule has 0 saturated heterocycles. The van der Waals surface area contributed by atoms with E-state index in [1.54, 1.807) is 18.2 Å². The van der Waals surface area contributed by atoms with E-state index in [9.17, 15) is 18.8 Å². The van der Waals surface area contributed by atoms with Crippen molar-refractivity contribution in [3.05, 3.63) is 57.1 Å². The smallest absolute Gasteiger partial charge is 0.329 e. The fraction of sp³-hybridized carbons (Fsp3) is 0.381. The predicted octanol–water partition coefficient (Wildman–Crippen LogP) is 2.66. The Kier molecular flexibility index (Phi) is 5.33. The molecule has 1 saturated carbocycles. The fourth-order valence-electron chi connectivity index (χ4n) is 4.00. The average Bonchev–Trinajstić information content (AvgIpc) is 2.94. The Morgan fingerprint density at radius 1 is 1.07 bits per heavy atom. The van der Waals surface area contributed by atoms with Gasteiger partial charge in [-0.1, -0.05) is 43.9 Å². The fourth-order valence-corrected chi connectivity index (χ4v) is 4.00. The van der Waals surface area contributed by atoms with Crippen LogP contribution in [0.3, 0.4) is 0 Å². The average molecular weight is 398 g/mol. The van der Waals surface area contributed by atoms with Gasteiger partial charge in [-0.3, -0.25) is 9.59 Å². The van der Waals surface area contributed by atoms with Gasteiger partial charge < -0.3 is 15.3 Å². The normalized spacial score (nSPS) is 15.3. The maximum absolute atomic E-state index is 14.1. The quantitative estimate of drug-likeness (QED) is 0.589. The number of carbonyl (C=O) groups is 1. The molecule has 29 heavy (non-hydrogen) atoms. The van der Waals surface area contributed by atoms with Crippen LogP contribution in [0.25, 0.3) is 22.2 Å². The number of carbonyl (C=O) groups excluding carboxylic acids is 1. The first kappa shape index (κ1) is 19.2. The summed E-state index contributed by atoms with van der Waals surface area (Å²) in [4.78, 5) is 43.2. The lowest BCUT2D eigenvalue weighted by Crippen LogP contribution is -2.43. The molecule has 4 rings (SSSR count). The van der Waals surface area contributed by atoms with Crippen LogP contribution in [0.1, 0.15) is 38.5 Å². The van der Waals surface area contributed by atoms with Crippen LogP contribution in [0.5, 0.6) is 0 Å². The highest BCUT2D eigenvalue weighted by Gasteiger charge is 2.19. The number of hydrogen-bond donors (Lipinski definition) is 3. The zero-order chi connectivity index (χ0) is 20.4. The van der Waals surface area contributed by atoms with Crippen LogP contribution in [0.15, 0.2) is 40.1 Å². The van der Waals surface area contributed by atoms with Crippen LogP contribution < -0.4 is 16.6 Å². The molecule has 0 aliphatic heterocycles. The number of H-pyrrole nitrogens is 2. The lowest BCUT2D eigenvalue weighted by molar-refractivity contribution is -0.122. The Bertz CT molecular complexity index is 1150. The summed E-state index contributed by atoms with van der Waals surface area (Å²) in [7, 11) is 0. The molecule has 3 aromatic rings. The van der Waals surface area contributed by atoms with Crippen molar-refractivity contribution in [3.63, 3.8) is 0 Å². The van der Waals surface area contributed by atoms with E-state index in [1.165, 1.54) is 25.1 Å². The highest BCUT2D eigenvalue weighted by Crippen LogP contribution is 2.27. The number of aromatic amines is 2. The number of rotatable bonds is 4. The van der Waals surface area contributed by atoms with Gasteiger partial charge in [0.2, 0.25) is 5.91 Å². The van der Waals surface area contributed by atoms with Crippen molar-refractivity contribution in [3.8, 4) is 11.1 Å². The molecule has 0 spiro atoms. The molecule has 3 N–H and O–H groups in total. The first-order chi connectivity index (χ1) is 14.0. The Morgan fingerprint density at radius 2 is 1.79 bits per heavy atom. The van der Waals surface area contributed by atoms with E-state index in [0.717, 1.165) is 30.3 Å². The Hall–Kier alpha value is -3.16. The van der Waals surface area contributed by atoms with Gasteiger partial charge in [0, 0.05) is 23.4 Å². The number of fused-ring (bicyclic) bond motifs is 1. The highest BCUT2D eigenvalue weighted by molar-refractivity contribution is 5.92. The Morgan fingerprint density at radius 3 is 2.52 bits per heavy atom. The first-order valence-electron chi connectivity index (χ1n) is 9.93. The molecule has 8 heteroatoms. The molecular weight excluding hydrogens is 375 g/mol. The highest BCUT2D eigenvalue weighted by atomic mass is 19.1. The van der Waals surface area contributed by atoms with Crippen LogP contribution >= 0.6 is 0 Å². The van der Waals surface area contributed by atoms with Crippen molar-refractivity contribution in [1.29, 1.82) is 0 Å². The van der Waals surface area contributed by atoms with E-state index in [0.29, 0.717) is 5.56 Å². The van der Waals surface area contributed by atoms with Crippen molar-refractivity contribution < 1.29 is 9.18 Å². The van der Waals surface area contributed by atoms with Gasteiger partial charge in [-0.15, -0.1) is 0 Å². The molecule has 0 radical (unpaired) electrons. The molecule has 0 unspecified atom stereocenters. The van der Waals surface area contributed by atoms with Crippen molar-refractivity contribution >= 4 is 16.9 Å². The molecule has 0 bridgehead atoms. The molecule has 0 atom stereocenters. The van der Waals surface area contributed by atoms with Crippen LogP contribution in [-0.2, 0) is 11.3 Å². The summed E-state index contributed by atoms with van der Waals surface area (Å²) < 4.78 is 15.0. The van der Waals surface area contributed by atoms with Gasteiger partial charge in [-0.05, 0) is 18.9 Å². The van der Waals surface area contributed by atoms with E-state index < -0.39 is 17.1 Å². The predicted molar refractivity (Wildman–Crippen MR) is 108 cm³/mol. The number of nitrogens with one attached hydrogen (secondary N) is 3. The summed E-state index contributed by atoms with van der Waals surface area (Å²) in [6.07, 6.45) is 7.78. The second-order valence-electron chi connectivity index (χ2n) is 7.51. The molecular formula is C21H23FN4O3. The minimum Gasteiger partial charge on any atom is -0.355 e. The molecule has 2 heterocycles. The van der Waals surface area contributed by atoms with E-state index in [-0.39, 0.29) is 35.1 Å². The summed E-state index contributed by atoms with van der Waals surface area (Å²) in [6.45, 7) is -0.353. The first-order valence-corrected chi connectivity index (χ1v) is 9.93. The van der Waals surface area contributed by atoms with Crippen molar-refractivity contribution in [1.82, 2.24) is 19.9 Å². The topological polar surface area (TPSA) is 99.8 Å². The van der Waals surface area contributed by atoms with E-state index in [2.05, 4.69) is 15.3 Å². The van der Waals surface area contributed by atoms with Crippen LogP contribution in [0.4, 0.5) is 4.39 Å². The summed E-state index contributed by atoms with van der Waals surface area (Å²) in [6, 6.07) is 6.21. The van der Waals surface area contributed by atoms with E-state index in [4.69, 9.17) is 0 Å². The van der Waals surface area contributed by atoms with Crippen molar-refractivity contribution in [2.45, 2.75) is 51.1 Å². The molecule has 1 aliphatic rings. The van der Waals surface area contributed by atoms with Gasteiger partial charge in [0.05, 0.1) is 5.52 Å². The molecule has 2 aromatic heterocycles. The third-order valence-corrected chi connectivity index (χ3v) is 5.50. The van der Waals surface area contributed by atoms with Gasteiger partial charge in [0.25, 0.3) is 5.56 Å². The Labute approximate surface area is 166 Å². The number of halogens is 1. The van der Waals surface area contributed by atoms with Crippen molar-refractivity contribution in [2.75, 3.05) is 0 Å². The van der Waals surface area contributed by atoms with Gasteiger partial charge in [0.15, 0.2) is 0 Å². The van der Waals surface area contributed by atoms with Gasteiger partial charge >= 0.3 is 5.69 Å². The second kappa shape index (κ2) is 8.06. The second-order valence-corrected chi connectivity index (χ2v) is 7.51. The maximum Gasteiger partial charge on any atom is 0.329 e. The molecule has 1 aliphatic carbocycles. The minimum absolute atomic E-state index is 0.0849. The third kappa shape index (κ3) is 3.87. The number of aromatic nitrogens is 3. The van der Waals surface area contributed by atoms with Crippen LogP contribution in [0, 0.1) is 5.82 Å². The third-order valence-electron chi connectivity index (χ3n) is 5.50. The summed E-state index contributed by atoms with van der Waals surface area (Å²) >= 11 is 0. The van der Waals surface area contributed by atoms with Gasteiger partial charge in [-0.25, -0.2) is 13.8 Å². The molecule has 1 aromatic carbocycles. The monoisotopic (exact) mass is 398 g/mol. The van der Waals surface area contributed by atoms with Crippen LogP contribution in [-0.4, -0.2) is 26.5 Å². The van der Waals surface area contributed by atoms with Gasteiger partial charge in [-0.2, -0.15) is 0 Å². The number of nitrogens with zero attached hydrogens (tertiary/aromatic N) is 1. The standard InChI is InChI=1S/C21H23FN4O3/c22-16-10-6-5-9-14(16)15-11-23-19-18(15)25-21(29)26(20(19)28)12-17(27)24-13-7-3-1-2-4-8-13/h5-6,9-11,13,23H,1-4,7-8,12H2,(H,24,27)(H,25,29). The SMILES string of the molecule is O=C(Cn1c(=O)[nH]c2c(-c3ccccc3F)c[nH]c2c1=O)NC1CCCCCC1. The molecule has 152 valence electrons. The summed E-state index contributed by atoms with van der Waals surface area (Å²) in [5, 5.41) is 2.94. The lowest BCUT2D eigenvalue weighted by atomic mass is 10.1.